The molecule has 0 unspecified atom stereocenters. The number of hydrogen-bond donors (Lipinski definition) is 2. The van der Waals surface area contributed by atoms with Crippen LogP contribution in [0.1, 0.15) is 12.5 Å². The van der Waals surface area contributed by atoms with Crippen LogP contribution in [0, 0.1) is 0 Å². The second-order valence-corrected chi connectivity index (χ2v) is 8.49. The van der Waals surface area contributed by atoms with Gasteiger partial charge < -0.3 is 10.1 Å². The van der Waals surface area contributed by atoms with E-state index in [1.807, 2.05) is 6.07 Å². The summed E-state index contributed by atoms with van der Waals surface area (Å²) in [6.07, 6.45) is 0. The highest BCUT2D eigenvalue weighted by atomic mass is 79.9. The molecule has 1 amide bonds. The summed E-state index contributed by atoms with van der Waals surface area (Å²) in [4.78, 5) is 28.2. The Kier molecular flexibility index (Phi) is 5.80. The molecular weight excluding hydrogens is 450 g/mol. The Bertz CT molecular complexity index is 1070. The topological polar surface area (TPSA) is 114 Å². The fourth-order valence-electron chi connectivity index (χ4n) is 2.50. The molecule has 0 aromatic heterocycles. The standard InChI is InChI=1S/C18H16BrN3O5S/c1-11(20-17-14-7-2-3-8-15(14)28(25,26)22-17)18(24)27-10-16(23)21-13-6-4-5-12(19)9-13/h2-9,11H,10H2,1H3,(H,20,22)(H,21,23)/t11-/m1/s1. The number of hydrogen-bond acceptors (Lipinski definition) is 6. The molecule has 28 heavy (non-hydrogen) atoms. The van der Waals surface area contributed by atoms with Gasteiger partial charge in [-0.25, -0.2) is 13.2 Å². The van der Waals surface area contributed by atoms with Crippen molar-refractivity contribution in [2.45, 2.75) is 17.9 Å². The summed E-state index contributed by atoms with van der Waals surface area (Å²) in [5, 5.41) is 2.60. The summed E-state index contributed by atoms with van der Waals surface area (Å²) in [5.74, 6) is -1.18. The number of sulfonamides is 1. The van der Waals surface area contributed by atoms with Gasteiger partial charge in [-0.3, -0.25) is 14.5 Å². The Morgan fingerprint density at radius 2 is 1.96 bits per heavy atom. The van der Waals surface area contributed by atoms with E-state index in [0.29, 0.717) is 11.3 Å². The lowest BCUT2D eigenvalue weighted by molar-refractivity contribution is -0.148. The van der Waals surface area contributed by atoms with Crippen molar-refractivity contribution in [3.63, 3.8) is 0 Å². The van der Waals surface area contributed by atoms with E-state index < -0.39 is 34.5 Å². The number of nitrogens with zero attached hydrogens (tertiary/aromatic N) is 1. The van der Waals surface area contributed by atoms with Crippen LogP contribution in [0.25, 0.3) is 0 Å². The molecule has 146 valence electrons. The highest BCUT2D eigenvalue weighted by Gasteiger charge is 2.31. The van der Waals surface area contributed by atoms with Gasteiger partial charge in [-0.15, -0.1) is 0 Å². The minimum Gasteiger partial charge on any atom is -0.454 e. The molecule has 2 aromatic carbocycles. The average Bonchev–Trinajstić information content (AvgIpc) is 2.90. The smallest absolute Gasteiger partial charge is 0.331 e. The lowest BCUT2D eigenvalue weighted by atomic mass is 10.2. The molecule has 1 heterocycles. The summed E-state index contributed by atoms with van der Waals surface area (Å²) in [5.41, 5.74) is 0.940. The normalized spacial score (nSPS) is 16.7. The van der Waals surface area contributed by atoms with Gasteiger partial charge in [0.05, 0.1) is 4.90 Å². The van der Waals surface area contributed by atoms with E-state index in [1.165, 1.54) is 13.0 Å². The van der Waals surface area contributed by atoms with Crippen LogP contribution in [0.15, 0.2) is 62.9 Å². The van der Waals surface area contributed by atoms with Gasteiger partial charge in [-0.05, 0) is 37.3 Å². The van der Waals surface area contributed by atoms with Crippen LogP contribution in [-0.4, -0.2) is 38.8 Å². The number of rotatable bonds is 5. The zero-order valence-corrected chi connectivity index (χ0v) is 17.1. The average molecular weight is 466 g/mol. The molecule has 2 aromatic rings. The Morgan fingerprint density at radius 1 is 1.21 bits per heavy atom. The van der Waals surface area contributed by atoms with Crippen molar-refractivity contribution in [1.82, 2.24) is 4.72 Å². The number of aliphatic imine (C=N–C) groups is 1. The van der Waals surface area contributed by atoms with Gasteiger partial charge in [-0.2, -0.15) is 0 Å². The largest absolute Gasteiger partial charge is 0.454 e. The van der Waals surface area contributed by atoms with Crippen molar-refractivity contribution in [3.05, 3.63) is 58.6 Å². The third-order valence-corrected chi connectivity index (χ3v) is 5.67. The molecule has 1 aliphatic rings. The lowest BCUT2D eigenvalue weighted by Gasteiger charge is -2.10. The van der Waals surface area contributed by atoms with Gasteiger partial charge in [0.15, 0.2) is 6.61 Å². The maximum atomic E-state index is 12.1. The predicted molar refractivity (Wildman–Crippen MR) is 106 cm³/mol. The minimum absolute atomic E-state index is 0.0682. The number of esters is 1. The molecular formula is C18H16BrN3O5S. The number of amidine groups is 1. The molecule has 1 atom stereocenters. The number of anilines is 1. The number of nitrogens with one attached hydrogen (secondary N) is 2. The molecule has 2 N–H and O–H groups in total. The molecule has 0 bridgehead atoms. The van der Waals surface area contributed by atoms with Gasteiger partial charge in [-0.1, -0.05) is 34.1 Å². The summed E-state index contributed by atoms with van der Waals surface area (Å²) in [6, 6.07) is 12.3. The SMILES string of the molecule is C[C@@H](N=C1NS(=O)(=O)c2ccccc21)C(=O)OCC(=O)Nc1cccc(Br)c1. The maximum absolute atomic E-state index is 12.1. The summed E-state index contributed by atoms with van der Waals surface area (Å²) >= 11 is 3.29. The zero-order chi connectivity index (χ0) is 20.3. The second-order valence-electron chi connectivity index (χ2n) is 5.92. The first kappa shape index (κ1) is 20.0. The highest BCUT2D eigenvalue weighted by molar-refractivity contribution is 9.10. The van der Waals surface area contributed by atoms with E-state index in [2.05, 4.69) is 31.0 Å². The Balaban J connectivity index is 1.61. The van der Waals surface area contributed by atoms with Gasteiger partial charge in [0.2, 0.25) is 0 Å². The third kappa shape index (κ3) is 4.57. The molecule has 0 saturated heterocycles. The number of carbonyl (C=O) groups is 2. The number of amides is 1. The Labute approximate surface area is 170 Å². The maximum Gasteiger partial charge on any atom is 0.331 e. The van der Waals surface area contributed by atoms with Crippen molar-refractivity contribution in [1.29, 1.82) is 0 Å². The molecule has 3 rings (SSSR count). The fourth-order valence-corrected chi connectivity index (χ4v) is 4.14. The van der Waals surface area contributed by atoms with E-state index in [4.69, 9.17) is 4.74 Å². The predicted octanol–water partition coefficient (Wildman–Crippen LogP) is 2.06. The molecule has 10 heteroatoms. The number of halogens is 1. The molecule has 0 saturated carbocycles. The molecule has 0 fully saturated rings. The number of carbonyl (C=O) groups excluding carboxylic acids is 2. The van der Waals surface area contributed by atoms with Crippen molar-refractivity contribution in [2.24, 2.45) is 4.99 Å². The van der Waals surface area contributed by atoms with Crippen LogP contribution in [0.2, 0.25) is 0 Å². The van der Waals surface area contributed by atoms with Crippen LogP contribution < -0.4 is 10.0 Å². The van der Waals surface area contributed by atoms with Gasteiger partial charge in [0.1, 0.15) is 11.9 Å². The van der Waals surface area contributed by atoms with Crippen LogP contribution >= 0.6 is 15.9 Å². The van der Waals surface area contributed by atoms with Gasteiger partial charge in [0, 0.05) is 15.7 Å². The van der Waals surface area contributed by atoms with Gasteiger partial charge in [0.25, 0.3) is 15.9 Å². The second kappa shape index (κ2) is 8.11. The van der Waals surface area contributed by atoms with Crippen LogP contribution in [-0.2, 0) is 24.3 Å². The molecule has 1 aliphatic heterocycles. The summed E-state index contributed by atoms with van der Waals surface area (Å²) in [6.45, 7) is 0.972. The van der Waals surface area contributed by atoms with Crippen molar-refractivity contribution in [3.8, 4) is 0 Å². The summed E-state index contributed by atoms with van der Waals surface area (Å²) < 4.78 is 32.2. The highest BCUT2D eigenvalue weighted by Crippen LogP contribution is 2.22. The van der Waals surface area contributed by atoms with E-state index in [0.717, 1.165) is 4.47 Å². The van der Waals surface area contributed by atoms with Gasteiger partial charge >= 0.3 is 5.97 Å². The van der Waals surface area contributed by atoms with E-state index in [9.17, 15) is 18.0 Å². The first-order valence-corrected chi connectivity index (χ1v) is 10.5. The monoisotopic (exact) mass is 465 g/mol. The number of fused-ring (bicyclic) bond motifs is 1. The fraction of sp³-hybridized carbons (Fsp3) is 0.167. The summed E-state index contributed by atoms with van der Waals surface area (Å²) in [7, 11) is -3.69. The lowest BCUT2D eigenvalue weighted by Crippen LogP contribution is -2.28. The number of ether oxygens (including phenoxy) is 1. The molecule has 0 radical (unpaired) electrons. The Hall–Kier alpha value is -2.72. The van der Waals surface area contributed by atoms with Crippen LogP contribution in [0.5, 0.6) is 0 Å². The molecule has 0 aliphatic carbocycles. The van der Waals surface area contributed by atoms with E-state index in [1.54, 1.807) is 36.4 Å². The van der Waals surface area contributed by atoms with Crippen molar-refractivity contribution < 1.29 is 22.7 Å². The number of benzene rings is 2. The van der Waals surface area contributed by atoms with Crippen molar-refractivity contribution in [2.75, 3.05) is 11.9 Å². The van der Waals surface area contributed by atoms with Crippen molar-refractivity contribution >= 4 is 49.4 Å². The molecule has 8 nitrogen and oxygen atoms in total. The first-order chi connectivity index (χ1) is 13.3. The minimum atomic E-state index is -3.69. The molecule has 0 spiro atoms. The first-order valence-electron chi connectivity index (χ1n) is 8.18. The van der Waals surface area contributed by atoms with E-state index >= 15 is 0 Å². The zero-order valence-electron chi connectivity index (χ0n) is 14.7. The third-order valence-electron chi connectivity index (χ3n) is 3.78. The quantitative estimate of drug-likeness (QED) is 0.655. The Morgan fingerprint density at radius 3 is 2.71 bits per heavy atom. The van der Waals surface area contributed by atoms with Crippen LogP contribution in [0.3, 0.4) is 0 Å². The van der Waals surface area contributed by atoms with E-state index in [-0.39, 0.29) is 10.7 Å². The van der Waals surface area contributed by atoms with Crippen LogP contribution in [0.4, 0.5) is 5.69 Å².